The number of nitro benzene ring substituents is 1. The molecule has 1 aromatic carbocycles. The summed E-state index contributed by atoms with van der Waals surface area (Å²) in [6.07, 6.45) is 1.32. The quantitative estimate of drug-likeness (QED) is 0.259. The minimum absolute atomic E-state index is 0.100. The number of carbonyl (C=O) groups is 1. The van der Waals surface area contributed by atoms with Gasteiger partial charge in [0.25, 0.3) is 5.91 Å². The first kappa shape index (κ1) is 19.3. The van der Waals surface area contributed by atoms with E-state index in [9.17, 15) is 14.9 Å². The molecule has 0 saturated carbocycles. The fraction of sp³-hybridized carbons (Fsp3) is 0.250. The van der Waals surface area contributed by atoms with E-state index in [2.05, 4.69) is 20.5 Å². The van der Waals surface area contributed by atoms with Crippen molar-refractivity contribution in [2.75, 3.05) is 12.9 Å². The number of nitro groups is 1. The van der Waals surface area contributed by atoms with Crippen LogP contribution in [0.15, 0.2) is 34.5 Å². The highest BCUT2D eigenvalue weighted by Gasteiger charge is 2.14. The molecule has 0 atom stereocenters. The highest BCUT2D eigenvalue weighted by atomic mass is 32.2. The van der Waals surface area contributed by atoms with E-state index >= 15 is 0 Å². The highest BCUT2D eigenvalue weighted by Crippen LogP contribution is 2.26. The monoisotopic (exact) mass is 375 g/mol. The Morgan fingerprint density at radius 3 is 2.65 bits per heavy atom. The van der Waals surface area contributed by atoms with Crippen LogP contribution in [0.4, 0.5) is 5.69 Å². The topological polar surface area (TPSA) is 120 Å². The van der Waals surface area contributed by atoms with Gasteiger partial charge in [0, 0.05) is 23.0 Å². The molecule has 9 nitrogen and oxygen atoms in total. The van der Waals surface area contributed by atoms with Crippen LogP contribution in [0.25, 0.3) is 0 Å². The molecule has 10 heteroatoms. The van der Waals surface area contributed by atoms with Crippen molar-refractivity contribution in [2.45, 2.75) is 19.0 Å². The summed E-state index contributed by atoms with van der Waals surface area (Å²) in [6.45, 7) is 3.72. The maximum Gasteiger partial charge on any atom is 0.311 e. The van der Waals surface area contributed by atoms with Gasteiger partial charge in [-0.2, -0.15) is 5.10 Å². The van der Waals surface area contributed by atoms with Gasteiger partial charge >= 0.3 is 5.69 Å². The summed E-state index contributed by atoms with van der Waals surface area (Å²) in [4.78, 5) is 30.7. The predicted octanol–water partition coefficient (Wildman–Crippen LogP) is 2.25. The van der Waals surface area contributed by atoms with Gasteiger partial charge in [0.1, 0.15) is 0 Å². The molecule has 0 fully saturated rings. The Morgan fingerprint density at radius 2 is 2.04 bits per heavy atom. The molecule has 1 heterocycles. The van der Waals surface area contributed by atoms with Gasteiger partial charge in [0.05, 0.1) is 24.0 Å². The maximum atomic E-state index is 11.8. The Balaban J connectivity index is 1.92. The first-order chi connectivity index (χ1) is 12.4. The van der Waals surface area contributed by atoms with E-state index in [0.29, 0.717) is 10.7 Å². The largest absolute Gasteiger partial charge is 0.490 e. The van der Waals surface area contributed by atoms with Crippen molar-refractivity contribution in [3.63, 3.8) is 0 Å². The van der Waals surface area contributed by atoms with E-state index in [1.165, 1.54) is 37.2 Å². The number of amides is 1. The molecule has 0 unspecified atom stereocenters. The summed E-state index contributed by atoms with van der Waals surface area (Å²) in [5.74, 6) is -0.0822. The van der Waals surface area contributed by atoms with Crippen LogP contribution in [0.5, 0.6) is 5.75 Å². The number of hydrogen-bond acceptors (Lipinski definition) is 8. The number of thioether (sulfide) groups is 1. The van der Waals surface area contributed by atoms with Gasteiger partial charge in [0.2, 0.25) is 0 Å². The van der Waals surface area contributed by atoms with E-state index in [1.807, 2.05) is 19.9 Å². The minimum Gasteiger partial charge on any atom is -0.490 e. The molecule has 0 radical (unpaired) electrons. The van der Waals surface area contributed by atoms with Crippen LogP contribution in [-0.4, -0.2) is 39.9 Å². The summed E-state index contributed by atoms with van der Waals surface area (Å²) in [6, 6.07) is 6.23. The summed E-state index contributed by atoms with van der Waals surface area (Å²) in [5, 5.41) is 15.3. The molecule has 1 aromatic heterocycles. The van der Waals surface area contributed by atoms with E-state index < -0.39 is 4.92 Å². The summed E-state index contributed by atoms with van der Waals surface area (Å²) >= 11 is 1.20. The number of rotatable bonds is 7. The number of methoxy groups -OCH3 is 1. The molecule has 2 rings (SSSR count). The normalized spacial score (nSPS) is 10.7. The third-order valence-electron chi connectivity index (χ3n) is 3.10. The first-order valence-electron chi connectivity index (χ1n) is 7.48. The number of hydrazone groups is 1. The number of nitrogens with zero attached hydrogens (tertiary/aromatic N) is 4. The molecular weight excluding hydrogens is 358 g/mol. The second-order valence-corrected chi connectivity index (χ2v) is 6.15. The Kier molecular flexibility index (Phi) is 6.61. The van der Waals surface area contributed by atoms with Crippen LogP contribution in [-0.2, 0) is 4.79 Å². The predicted molar refractivity (Wildman–Crippen MR) is 97.6 cm³/mol. The first-order valence-corrected chi connectivity index (χ1v) is 8.47. The van der Waals surface area contributed by atoms with Crippen molar-refractivity contribution in [2.24, 2.45) is 5.10 Å². The third-order valence-corrected chi connectivity index (χ3v) is 3.94. The van der Waals surface area contributed by atoms with Crippen molar-refractivity contribution in [1.82, 2.24) is 15.4 Å². The molecule has 1 N–H and O–H groups in total. The lowest BCUT2D eigenvalue weighted by atomic mass is 10.2. The minimum atomic E-state index is -0.546. The molecule has 0 aliphatic rings. The van der Waals surface area contributed by atoms with Gasteiger partial charge < -0.3 is 4.74 Å². The van der Waals surface area contributed by atoms with Gasteiger partial charge in [-0.25, -0.2) is 15.4 Å². The Morgan fingerprint density at radius 1 is 1.35 bits per heavy atom. The Hall–Kier alpha value is -3.01. The molecule has 0 spiro atoms. The molecular formula is C16H17N5O4S. The smallest absolute Gasteiger partial charge is 0.311 e. The molecule has 26 heavy (non-hydrogen) atoms. The fourth-order valence-corrected chi connectivity index (χ4v) is 2.77. The number of ether oxygens (including phenoxy) is 1. The zero-order valence-corrected chi connectivity index (χ0v) is 15.2. The zero-order chi connectivity index (χ0) is 19.1. The molecule has 0 aliphatic carbocycles. The number of aromatic nitrogens is 2. The lowest BCUT2D eigenvalue weighted by Gasteiger charge is -2.03. The van der Waals surface area contributed by atoms with Gasteiger partial charge in [-0.1, -0.05) is 11.8 Å². The van der Waals surface area contributed by atoms with Gasteiger partial charge in [-0.15, -0.1) is 0 Å². The molecule has 2 aromatic rings. The molecule has 1 amide bonds. The van der Waals surface area contributed by atoms with Crippen LogP contribution in [0.3, 0.4) is 0 Å². The SMILES string of the molecule is COc1ccc(/C=N\NC(=O)CSc2nc(C)cc(C)n2)cc1[N+](=O)[O-]. The second kappa shape index (κ2) is 8.90. The number of benzene rings is 1. The number of aryl methyl sites for hydroxylation is 2. The highest BCUT2D eigenvalue weighted by molar-refractivity contribution is 7.99. The molecule has 0 saturated heterocycles. The zero-order valence-electron chi connectivity index (χ0n) is 14.4. The lowest BCUT2D eigenvalue weighted by Crippen LogP contribution is -2.19. The molecule has 0 bridgehead atoms. The standard InChI is InChI=1S/C16H17N5O4S/c1-10-6-11(2)19-16(18-10)26-9-15(22)20-17-8-12-4-5-14(25-3)13(7-12)21(23)24/h4-8H,9H2,1-3H3,(H,20,22)/b17-8-. The van der Waals surface area contributed by atoms with Crippen molar-refractivity contribution < 1.29 is 14.5 Å². The average molecular weight is 375 g/mol. The lowest BCUT2D eigenvalue weighted by molar-refractivity contribution is -0.385. The number of hydrogen-bond donors (Lipinski definition) is 1. The fourth-order valence-electron chi connectivity index (χ4n) is 2.03. The summed E-state index contributed by atoms with van der Waals surface area (Å²) in [7, 11) is 1.35. The van der Waals surface area contributed by atoms with Gasteiger partial charge in [-0.05, 0) is 32.0 Å². The summed E-state index contributed by atoms with van der Waals surface area (Å²) in [5.41, 5.74) is 4.31. The van der Waals surface area contributed by atoms with Crippen molar-refractivity contribution in [3.8, 4) is 5.75 Å². The molecule has 136 valence electrons. The van der Waals surface area contributed by atoms with Gasteiger partial charge in [-0.3, -0.25) is 14.9 Å². The maximum absolute atomic E-state index is 11.8. The third kappa shape index (κ3) is 5.52. The Labute approximate surface area is 154 Å². The second-order valence-electron chi connectivity index (χ2n) is 5.20. The van der Waals surface area contributed by atoms with Crippen molar-refractivity contribution in [3.05, 3.63) is 51.3 Å². The van der Waals surface area contributed by atoms with Gasteiger partial charge in [0.15, 0.2) is 10.9 Å². The van der Waals surface area contributed by atoms with E-state index in [-0.39, 0.29) is 23.1 Å². The van der Waals surface area contributed by atoms with Crippen molar-refractivity contribution >= 4 is 29.6 Å². The van der Waals surface area contributed by atoms with Crippen LogP contribution in [0, 0.1) is 24.0 Å². The van der Waals surface area contributed by atoms with Crippen LogP contribution in [0.2, 0.25) is 0 Å². The van der Waals surface area contributed by atoms with Crippen LogP contribution >= 0.6 is 11.8 Å². The van der Waals surface area contributed by atoms with E-state index in [1.54, 1.807) is 6.07 Å². The average Bonchev–Trinajstić information content (AvgIpc) is 2.59. The van der Waals surface area contributed by atoms with Crippen LogP contribution in [0.1, 0.15) is 17.0 Å². The number of carbonyl (C=O) groups excluding carboxylic acids is 1. The number of nitrogens with one attached hydrogen (secondary N) is 1. The molecule has 0 aliphatic heterocycles. The van der Waals surface area contributed by atoms with Crippen LogP contribution < -0.4 is 10.2 Å². The van der Waals surface area contributed by atoms with Crippen molar-refractivity contribution in [1.29, 1.82) is 0 Å². The van der Waals surface area contributed by atoms with E-state index in [0.717, 1.165) is 11.4 Å². The van der Waals surface area contributed by atoms with E-state index in [4.69, 9.17) is 4.74 Å². The summed E-state index contributed by atoms with van der Waals surface area (Å²) < 4.78 is 4.92. The Bertz CT molecular complexity index is 836.